The molecule has 11 nitrogen and oxygen atoms in total. The highest BCUT2D eigenvalue weighted by Crippen LogP contribution is 2.55. The number of phosphoric acid groups is 1. The fraction of sp³-hybridized carbons (Fsp3) is 0.480. The van der Waals surface area contributed by atoms with Crippen molar-refractivity contribution in [2.45, 2.75) is 57.6 Å². The maximum atomic E-state index is 13.2. The second kappa shape index (κ2) is 10.8. The summed E-state index contributed by atoms with van der Waals surface area (Å²) in [5.74, 6) is 1.36. The fourth-order valence-electron chi connectivity index (χ4n) is 6.63. The monoisotopic (exact) mass is 564 g/mol. The summed E-state index contributed by atoms with van der Waals surface area (Å²) in [5, 5.41) is 21.7. The van der Waals surface area contributed by atoms with Crippen LogP contribution in [0.1, 0.15) is 70.5 Å². The molecule has 0 saturated heterocycles. The number of benzene rings is 1. The first-order valence-corrected chi connectivity index (χ1v) is 13.8. The minimum atomic E-state index is -4.87. The van der Waals surface area contributed by atoms with Crippen LogP contribution in [0.3, 0.4) is 0 Å². The fourth-order valence-corrected chi connectivity index (χ4v) is 6.93. The molecule has 4 saturated carbocycles. The zero-order valence-corrected chi connectivity index (χ0v) is 22.5. The molecule has 13 heteroatoms. The number of pyridine rings is 1. The van der Waals surface area contributed by atoms with E-state index in [4.69, 9.17) is 9.79 Å². The summed E-state index contributed by atoms with van der Waals surface area (Å²) >= 11 is 0. The number of rotatable bonds is 8. The van der Waals surface area contributed by atoms with Gasteiger partial charge in [-0.3, -0.25) is 14.1 Å². The highest BCUT2D eigenvalue weighted by atomic mass is 35.5. The van der Waals surface area contributed by atoms with Gasteiger partial charge in [-0.05, 0) is 81.4 Å². The summed E-state index contributed by atoms with van der Waals surface area (Å²) < 4.78 is 15.7. The molecule has 204 valence electrons. The van der Waals surface area contributed by atoms with E-state index in [1.54, 1.807) is 24.3 Å². The highest BCUT2D eigenvalue weighted by molar-refractivity contribution is 7.46. The number of aryl methyl sites for hydroxylation is 1. The molecule has 0 spiro atoms. The Kier molecular flexibility index (Phi) is 8.07. The van der Waals surface area contributed by atoms with Crippen LogP contribution in [-0.2, 0) is 15.7 Å². The van der Waals surface area contributed by atoms with E-state index < -0.39 is 20.2 Å². The summed E-state index contributed by atoms with van der Waals surface area (Å²) in [4.78, 5) is 47.0. The van der Waals surface area contributed by atoms with Crippen molar-refractivity contribution in [3.05, 3.63) is 46.6 Å². The third kappa shape index (κ3) is 5.97. The van der Waals surface area contributed by atoms with Crippen molar-refractivity contribution in [2.24, 2.45) is 28.0 Å². The van der Waals surface area contributed by atoms with Crippen LogP contribution < -0.4 is 5.32 Å². The van der Waals surface area contributed by atoms with Crippen LogP contribution in [-0.4, -0.2) is 37.6 Å². The van der Waals surface area contributed by atoms with Crippen LogP contribution in [0.2, 0.25) is 0 Å². The van der Waals surface area contributed by atoms with Gasteiger partial charge in [0.1, 0.15) is 5.75 Å². The number of amides is 1. The van der Waals surface area contributed by atoms with Crippen molar-refractivity contribution >= 4 is 43.9 Å². The van der Waals surface area contributed by atoms with Gasteiger partial charge in [-0.1, -0.05) is 6.07 Å². The zero-order valence-electron chi connectivity index (χ0n) is 20.7. The standard InChI is InChI=1S/C25H29N4O7P.ClH/c1-14-22(31)20(12-30)21(13-36-37(33,34)35)23(26-14)29-28-19-4-2-3-18(8-19)24(32)27-25-9-15-5-16(10-25)7-17(6-15)11-25;/h2-4,8,12,15-17,31H,5-7,9-11,13H2,1H3,(H,27,32)(H2,33,34,35);1H. The number of nitrogens with one attached hydrogen (secondary N) is 1. The summed E-state index contributed by atoms with van der Waals surface area (Å²) in [5.41, 5.74) is 0.371. The van der Waals surface area contributed by atoms with E-state index in [1.165, 1.54) is 26.2 Å². The molecule has 6 rings (SSSR count). The molecule has 0 unspecified atom stereocenters. The molecule has 1 amide bonds. The van der Waals surface area contributed by atoms with Crippen LogP contribution in [0.5, 0.6) is 5.75 Å². The molecule has 1 heterocycles. The highest BCUT2D eigenvalue weighted by Gasteiger charge is 2.51. The molecular formula is C25H30ClN4O7P. The summed E-state index contributed by atoms with van der Waals surface area (Å²) in [7, 11) is -4.87. The van der Waals surface area contributed by atoms with Crippen molar-refractivity contribution in [1.29, 1.82) is 0 Å². The third-order valence-electron chi connectivity index (χ3n) is 7.75. The molecule has 4 bridgehead atoms. The van der Waals surface area contributed by atoms with Gasteiger partial charge < -0.3 is 20.2 Å². The van der Waals surface area contributed by atoms with Crippen LogP contribution in [0, 0.1) is 24.7 Å². The number of hydrogen-bond donors (Lipinski definition) is 4. The minimum Gasteiger partial charge on any atom is -0.505 e. The number of aromatic nitrogens is 1. The van der Waals surface area contributed by atoms with Gasteiger partial charge in [0.15, 0.2) is 12.1 Å². The van der Waals surface area contributed by atoms with Gasteiger partial charge in [0.25, 0.3) is 5.91 Å². The lowest BCUT2D eigenvalue weighted by Gasteiger charge is -2.56. The molecule has 2 aromatic rings. The molecule has 0 radical (unpaired) electrons. The molecule has 4 aliphatic carbocycles. The third-order valence-corrected chi connectivity index (χ3v) is 8.21. The van der Waals surface area contributed by atoms with Crippen molar-refractivity contribution in [3.63, 3.8) is 0 Å². The number of halogens is 1. The number of nitrogens with zero attached hydrogens (tertiary/aromatic N) is 3. The quantitative estimate of drug-likeness (QED) is 0.196. The largest absolute Gasteiger partial charge is 0.505 e. The zero-order chi connectivity index (χ0) is 26.4. The number of azo groups is 1. The van der Waals surface area contributed by atoms with E-state index in [0.29, 0.717) is 35.3 Å². The SMILES string of the molecule is Cc1nc(N=Nc2cccc(C(=O)NC34CC5CC(CC(C5)C3)C4)c2)c(COP(=O)(O)O)c(C=O)c1O.Cl. The first kappa shape index (κ1) is 28.3. The predicted molar refractivity (Wildman–Crippen MR) is 139 cm³/mol. The van der Waals surface area contributed by atoms with E-state index in [1.807, 2.05) is 0 Å². The van der Waals surface area contributed by atoms with E-state index in [9.17, 15) is 19.3 Å². The normalized spacial score (nSPS) is 25.8. The number of aldehydes is 1. The Hall–Kier alpha value is -2.69. The van der Waals surface area contributed by atoms with Crippen molar-refractivity contribution in [3.8, 4) is 5.75 Å². The molecule has 38 heavy (non-hydrogen) atoms. The lowest BCUT2D eigenvalue weighted by Crippen LogP contribution is -2.59. The van der Waals surface area contributed by atoms with Crippen molar-refractivity contribution in [1.82, 2.24) is 10.3 Å². The van der Waals surface area contributed by atoms with E-state index in [-0.39, 0.29) is 46.5 Å². The predicted octanol–water partition coefficient (Wildman–Crippen LogP) is 5.05. The molecule has 4 N–H and O–H groups in total. The molecule has 4 aliphatic rings. The van der Waals surface area contributed by atoms with Gasteiger partial charge in [0.05, 0.1) is 23.6 Å². The Balaban J connectivity index is 0.00000336. The number of phosphoric ester groups is 1. The van der Waals surface area contributed by atoms with Crippen LogP contribution in [0.4, 0.5) is 11.5 Å². The lowest BCUT2D eigenvalue weighted by atomic mass is 9.53. The first-order valence-electron chi connectivity index (χ1n) is 12.3. The van der Waals surface area contributed by atoms with Gasteiger partial charge in [0.2, 0.25) is 0 Å². The summed E-state index contributed by atoms with van der Waals surface area (Å²) in [6.07, 6.45) is 7.28. The number of carbonyl (C=O) groups excluding carboxylic acids is 2. The summed E-state index contributed by atoms with van der Waals surface area (Å²) in [6.45, 7) is 0.728. The first-order chi connectivity index (χ1) is 17.5. The molecular weight excluding hydrogens is 535 g/mol. The van der Waals surface area contributed by atoms with Gasteiger partial charge in [-0.25, -0.2) is 9.55 Å². The summed E-state index contributed by atoms with van der Waals surface area (Å²) in [6, 6.07) is 6.64. The Morgan fingerprint density at radius 1 is 1.18 bits per heavy atom. The van der Waals surface area contributed by atoms with Gasteiger partial charge in [0, 0.05) is 16.7 Å². The Morgan fingerprint density at radius 3 is 2.39 bits per heavy atom. The second-order valence-electron chi connectivity index (χ2n) is 10.5. The molecule has 1 aromatic carbocycles. The van der Waals surface area contributed by atoms with Crippen LogP contribution in [0.15, 0.2) is 34.5 Å². The Morgan fingerprint density at radius 2 is 1.82 bits per heavy atom. The van der Waals surface area contributed by atoms with Crippen molar-refractivity contribution in [2.75, 3.05) is 0 Å². The van der Waals surface area contributed by atoms with Gasteiger partial charge in [-0.15, -0.1) is 22.6 Å². The maximum Gasteiger partial charge on any atom is 0.469 e. The Bertz CT molecular complexity index is 1290. The van der Waals surface area contributed by atoms with Crippen molar-refractivity contribution < 1.29 is 33.6 Å². The van der Waals surface area contributed by atoms with E-state index >= 15 is 0 Å². The van der Waals surface area contributed by atoms with E-state index in [0.717, 1.165) is 19.3 Å². The number of carbonyl (C=O) groups is 2. The number of aromatic hydroxyl groups is 1. The van der Waals surface area contributed by atoms with Gasteiger partial charge in [-0.2, -0.15) is 0 Å². The minimum absolute atomic E-state index is 0. The smallest absolute Gasteiger partial charge is 0.469 e. The van der Waals surface area contributed by atoms with Crippen LogP contribution in [0.25, 0.3) is 0 Å². The van der Waals surface area contributed by atoms with Crippen LogP contribution >= 0.6 is 20.2 Å². The molecule has 4 fully saturated rings. The van der Waals surface area contributed by atoms with Gasteiger partial charge >= 0.3 is 7.82 Å². The molecule has 0 aliphatic heterocycles. The maximum absolute atomic E-state index is 13.2. The molecule has 1 aromatic heterocycles. The average Bonchev–Trinajstić information content (AvgIpc) is 2.82. The average molecular weight is 565 g/mol. The number of hydrogen-bond acceptors (Lipinski definition) is 8. The lowest BCUT2D eigenvalue weighted by molar-refractivity contribution is -0.0167. The molecule has 0 atom stereocenters. The Labute approximate surface area is 225 Å². The topological polar surface area (TPSA) is 171 Å². The van der Waals surface area contributed by atoms with E-state index in [2.05, 4.69) is 25.1 Å². The second-order valence-corrected chi connectivity index (χ2v) is 11.8.